The van der Waals surface area contributed by atoms with Crippen molar-refractivity contribution >= 4 is 16.2 Å². The zero-order chi connectivity index (χ0) is 22.8. The topological polar surface area (TPSA) is 72.9 Å². The van der Waals surface area contributed by atoms with Crippen LogP contribution in [0.15, 0.2) is 59.5 Å². The highest BCUT2D eigenvalue weighted by atomic mass is 32.2. The zero-order valence-corrected chi connectivity index (χ0v) is 19.6. The molecule has 0 atom stereocenters. The van der Waals surface area contributed by atoms with Gasteiger partial charge in [0, 0.05) is 13.1 Å². The molecule has 32 heavy (non-hydrogen) atoms. The Morgan fingerprint density at radius 1 is 0.969 bits per heavy atom. The van der Waals surface area contributed by atoms with E-state index < -0.39 is 10.1 Å². The number of aryl methyl sites for hydroxylation is 1. The molecule has 1 amide bonds. The monoisotopic (exact) mass is 459 g/mol. The zero-order valence-electron chi connectivity index (χ0n) is 18.7. The van der Waals surface area contributed by atoms with Crippen LogP contribution in [0.4, 0.5) is 4.79 Å². The molecule has 6 nitrogen and oxygen atoms in total. The van der Waals surface area contributed by atoms with Crippen LogP contribution >= 0.6 is 0 Å². The Hall–Kier alpha value is -2.38. The molecule has 2 aromatic carbocycles. The molecule has 1 saturated heterocycles. The van der Waals surface area contributed by atoms with Gasteiger partial charge in [-0.05, 0) is 49.8 Å². The molecule has 174 valence electrons. The number of nitrogens with zero attached hydrogens (tertiary/aromatic N) is 1. The van der Waals surface area contributed by atoms with Gasteiger partial charge in [-0.1, -0.05) is 67.3 Å². The molecule has 0 aromatic heterocycles. The number of unbranched alkanes of at least 4 members (excludes halogenated alkanes) is 2. The van der Waals surface area contributed by atoms with E-state index >= 15 is 0 Å². The van der Waals surface area contributed by atoms with Crippen molar-refractivity contribution in [2.75, 3.05) is 19.7 Å². The van der Waals surface area contributed by atoms with Gasteiger partial charge in [-0.25, -0.2) is 4.79 Å². The van der Waals surface area contributed by atoms with E-state index in [1.54, 1.807) is 29.2 Å². The summed E-state index contributed by atoms with van der Waals surface area (Å²) in [5, 5.41) is 0. The van der Waals surface area contributed by atoms with E-state index in [2.05, 4.69) is 0 Å². The number of hydrogen-bond donors (Lipinski definition) is 0. The van der Waals surface area contributed by atoms with E-state index in [9.17, 15) is 13.2 Å². The highest BCUT2D eigenvalue weighted by Gasteiger charge is 2.23. The van der Waals surface area contributed by atoms with Crippen molar-refractivity contribution < 1.29 is 22.1 Å². The molecule has 0 spiro atoms. The minimum Gasteiger partial charge on any atom is -0.445 e. The fourth-order valence-electron chi connectivity index (χ4n) is 3.87. The van der Waals surface area contributed by atoms with Crippen LogP contribution in [0.25, 0.3) is 0 Å². The van der Waals surface area contributed by atoms with Crippen molar-refractivity contribution in [2.45, 2.75) is 57.0 Å². The lowest BCUT2D eigenvalue weighted by Gasteiger charge is -2.31. The van der Waals surface area contributed by atoms with Gasteiger partial charge in [0.15, 0.2) is 0 Å². The highest BCUT2D eigenvalue weighted by molar-refractivity contribution is 7.86. The van der Waals surface area contributed by atoms with Crippen molar-refractivity contribution in [2.24, 2.45) is 5.92 Å². The minimum absolute atomic E-state index is 0.206. The van der Waals surface area contributed by atoms with Crippen molar-refractivity contribution in [3.05, 3.63) is 65.7 Å². The highest BCUT2D eigenvalue weighted by Crippen LogP contribution is 2.24. The van der Waals surface area contributed by atoms with Crippen LogP contribution in [0, 0.1) is 12.8 Å². The first-order valence-electron chi connectivity index (χ1n) is 11.4. The molecule has 0 bridgehead atoms. The SMILES string of the molecule is Cc1ccc(S(=O)(=O)OCCCCCC2CCN(C(=O)OCc3ccccc3)CC2)cc1. The third-order valence-corrected chi connectivity index (χ3v) is 7.21. The summed E-state index contributed by atoms with van der Waals surface area (Å²) in [6, 6.07) is 16.4. The fraction of sp³-hybridized carbons (Fsp3) is 0.480. The van der Waals surface area contributed by atoms with E-state index in [0.29, 0.717) is 12.5 Å². The first kappa shape index (κ1) is 24.3. The molecule has 2 aromatic rings. The number of amides is 1. The minimum atomic E-state index is -3.67. The van der Waals surface area contributed by atoms with Gasteiger partial charge in [-0.15, -0.1) is 0 Å². The van der Waals surface area contributed by atoms with Gasteiger partial charge in [0.2, 0.25) is 0 Å². The summed E-state index contributed by atoms with van der Waals surface area (Å²) in [5.74, 6) is 0.602. The molecule has 7 heteroatoms. The molecular weight excluding hydrogens is 426 g/mol. The van der Waals surface area contributed by atoms with Crippen molar-refractivity contribution in [1.29, 1.82) is 0 Å². The molecular formula is C25H33NO5S. The van der Waals surface area contributed by atoms with E-state index in [-0.39, 0.29) is 17.6 Å². The Morgan fingerprint density at radius 2 is 1.66 bits per heavy atom. The number of rotatable bonds is 10. The maximum atomic E-state index is 12.3. The second-order valence-corrected chi connectivity index (χ2v) is 10.0. The molecule has 1 fully saturated rings. The van der Waals surface area contributed by atoms with Crippen LogP contribution in [0.2, 0.25) is 0 Å². The molecule has 1 aliphatic rings. The third kappa shape index (κ3) is 7.64. The van der Waals surface area contributed by atoms with Gasteiger partial charge >= 0.3 is 6.09 Å². The van der Waals surface area contributed by atoms with Crippen LogP contribution in [0.1, 0.15) is 49.7 Å². The normalized spacial score (nSPS) is 15.0. The van der Waals surface area contributed by atoms with Gasteiger partial charge in [0.1, 0.15) is 6.61 Å². The van der Waals surface area contributed by atoms with E-state index in [1.165, 1.54) is 0 Å². The van der Waals surface area contributed by atoms with Crippen molar-refractivity contribution in [1.82, 2.24) is 4.90 Å². The average molecular weight is 460 g/mol. The maximum absolute atomic E-state index is 12.3. The molecule has 0 radical (unpaired) electrons. The van der Waals surface area contributed by atoms with Crippen molar-refractivity contribution in [3.8, 4) is 0 Å². The second kappa shape index (κ2) is 12.0. The van der Waals surface area contributed by atoms with Gasteiger partial charge in [0.05, 0.1) is 11.5 Å². The lowest BCUT2D eigenvalue weighted by Crippen LogP contribution is -2.38. The molecule has 0 saturated carbocycles. The molecule has 0 aliphatic carbocycles. The summed E-state index contributed by atoms with van der Waals surface area (Å²) in [6.45, 7) is 3.90. The molecule has 1 aliphatic heterocycles. The smallest absolute Gasteiger partial charge is 0.410 e. The predicted octanol–water partition coefficient (Wildman–Crippen LogP) is 5.31. The van der Waals surface area contributed by atoms with Crippen LogP contribution < -0.4 is 0 Å². The number of hydrogen-bond acceptors (Lipinski definition) is 5. The van der Waals surface area contributed by atoms with Gasteiger partial charge in [0.25, 0.3) is 10.1 Å². The van der Waals surface area contributed by atoms with Crippen LogP contribution in [0.5, 0.6) is 0 Å². The average Bonchev–Trinajstić information content (AvgIpc) is 2.81. The van der Waals surface area contributed by atoms with E-state index in [0.717, 1.165) is 62.7 Å². The standard InChI is InChI=1S/C25H33NO5S/c1-21-11-13-24(14-12-21)32(28,29)31-19-7-3-6-8-22-15-17-26(18-16-22)25(27)30-20-23-9-4-2-5-10-23/h2,4-5,9-14,22H,3,6-8,15-20H2,1H3. The summed E-state index contributed by atoms with van der Waals surface area (Å²) in [4.78, 5) is 14.3. The van der Waals surface area contributed by atoms with Crippen LogP contribution in [-0.2, 0) is 25.6 Å². The summed E-state index contributed by atoms with van der Waals surface area (Å²) >= 11 is 0. The van der Waals surface area contributed by atoms with Crippen LogP contribution in [0.3, 0.4) is 0 Å². The number of ether oxygens (including phenoxy) is 1. The summed E-state index contributed by atoms with van der Waals surface area (Å²) < 4.78 is 34.9. The van der Waals surface area contributed by atoms with Crippen LogP contribution in [-0.4, -0.2) is 39.1 Å². The number of carbonyl (C=O) groups excluding carboxylic acids is 1. The lowest BCUT2D eigenvalue weighted by atomic mass is 9.91. The Bertz CT molecular complexity index is 936. The fourth-order valence-corrected chi connectivity index (χ4v) is 4.81. The predicted molar refractivity (Wildman–Crippen MR) is 124 cm³/mol. The summed E-state index contributed by atoms with van der Waals surface area (Å²) in [5.41, 5.74) is 2.00. The Morgan fingerprint density at radius 3 is 2.34 bits per heavy atom. The molecule has 0 unspecified atom stereocenters. The quantitative estimate of drug-likeness (QED) is 0.356. The first-order valence-corrected chi connectivity index (χ1v) is 12.8. The summed E-state index contributed by atoms with van der Waals surface area (Å²) in [6.07, 6.45) is 5.52. The summed E-state index contributed by atoms with van der Waals surface area (Å²) in [7, 11) is -3.67. The van der Waals surface area contributed by atoms with E-state index in [1.807, 2.05) is 37.3 Å². The number of carbonyl (C=O) groups is 1. The second-order valence-electron chi connectivity index (χ2n) is 8.41. The third-order valence-electron chi connectivity index (χ3n) is 5.88. The van der Waals surface area contributed by atoms with Gasteiger partial charge in [-0.2, -0.15) is 8.42 Å². The number of piperidine rings is 1. The maximum Gasteiger partial charge on any atom is 0.410 e. The lowest BCUT2D eigenvalue weighted by molar-refractivity contribution is 0.0812. The first-order chi connectivity index (χ1) is 15.4. The molecule has 3 rings (SSSR count). The number of likely N-dealkylation sites (tertiary alicyclic amines) is 1. The molecule has 1 heterocycles. The Kier molecular flexibility index (Phi) is 9.11. The van der Waals surface area contributed by atoms with Gasteiger partial charge in [-0.3, -0.25) is 4.18 Å². The van der Waals surface area contributed by atoms with Crippen molar-refractivity contribution in [3.63, 3.8) is 0 Å². The van der Waals surface area contributed by atoms with E-state index in [4.69, 9.17) is 8.92 Å². The number of benzene rings is 2. The Labute approximate surface area is 191 Å². The largest absolute Gasteiger partial charge is 0.445 e. The van der Waals surface area contributed by atoms with Gasteiger partial charge < -0.3 is 9.64 Å². The Balaban J connectivity index is 1.25. The molecule has 0 N–H and O–H groups in total.